The van der Waals surface area contributed by atoms with E-state index >= 15 is 0 Å². The molecule has 0 atom stereocenters. The van der Waals surface area contributed by atoms with Crippen molar-refractivity contribution in [1.29, 1.82) is 0 Å². The van der Waals surface area contributed by atoms with Crippen molar-refractivity contribution in [2.75, 3.05) is 26.8 Å². The number of hydrogen-bond acceptors (Lipinski definition) is 2. The fourth-order valence-electron chi connectivity index (χ4n) is 2.70. The first kappa shape index (κ1) is 14.9. The van der Waals surface area contributed by atoms with Crippen LogP contribution in [0.4, 0.5) is 4.39 Å². The standard InChI is InChI=1S/C15H21BrFNO/c1-19-8-7-18-11-15(5-2-6-15)10-12-9-13(16)3-4-14(12)17/h3-4,9,18H,2,5-8,10-11H2,1H3. The van der Waals surface area contributed by atoms with E-state index in [4.69, 9.17) is 4.74 Å². The number of methoxy groups -OCH3 is 1. The van der Waals surface area contributed by atoms with Crippen molar-refractivity contribution in [3.8, 4) is 0 Å². The SMILES string of the molecule is COCCNCC1(Cc2cc(Br)ccc2F)CCC1. The van der Waals surface area contributed by atoms with E-state index < -0.39 is 0 Å². The number of benzene rings is 1. The van der Waals surface area contributed by atoms with Crippen LogP contribution in [0.1, 0.15) is 24.8 Å². The molecular weight excluding hydrogens is 309 g/mol. The summed E-state index contributed by atoms with van der Waals surface area (Å²) >= 11 is 3.42. The molecule has 0 unspecified atom stereocenters. The zero-order valence-electron chi connectivity index (χ0n) is 11.3. The zero-order chi connectivity index (χ0) is 13.7. The van der Waals surface area contributed by atoms with Crippen LogP contribution < -0.4 is 5.32 Å². The molecule has 1 N–H and O–H groups in total. The summed E-state index contributed by atoms with van der Waals surface area (Å²) < 4.78 is 19.8. The second-order valence-electron chi connectivity index (χ2n) is 5.44. The number of rotatable bonds is 7. The minimum absolute atomic E-state index is 0.0913. The molecule has 0 amide bonds. The summed E-state index contributed by atoms with van der Waals surface area (Å²) in [6.07, 6.45) is 4.43. The molecule has 106 valence electrons. The Kier molecular flexibility index (Phi) is 5.37. The molecule has 0 saturated heterocycles. The van der Waals surface area contributed by atoms with Gasteiger partial charge in [-0.25, -0.2) is 4.39 Å². The minimum Gasteiger partial charge on any atom is -0.383 e. The number of nitrogens with one attached hydrogen (secondary N) is 1. The quantitative estimate of drug-likeness (QED) is 0.772. The summed E-state index contributed by atoms with van der Waals surface area (Å²) in [4.78, 5) is 0. The van der Waals surface area contributed by atoms with Crippen molar-refractivity contribution in [2.45, 2.75) is 25.7 Å². The first-order chi connectivity index (χ1) is 9.15. The van der Waals surface area contributed by atoms with Crippen molar-refractivity contribution in [2.24, 2.45) is 5.41 Å². The molecule has 19 heavy (non-hydrogen) atoms. The van der Waals surface area contributed by atoms with E-state index in [2.05, 4.69) is 21.2 Å². The molecule has 1 aliphatic carbocycles. The van der Waals surface area contributed by atoms with E-state index in [1.54, 1.807) is 19.2 Å². The van der Waals surface area contributed by atoms with Gasteiger partial charge < -0.3 is 10.1 Å². The Bertz CT molecular complexity index is 421. The third kappa shape index (κ3) is 4.01. The third-order valence-corrected chi connectivity index (χ3v) is 4.46. The van der Waals surface area contributed by atoms with Gasteiger partial charge in [0.15, 0.2) is 0 Å². The van der Waals surface area contributed by atoms with Gasteiger partial charge in [-0.05, 0) is 48.4 Å². The van der Waals surface area contributed by atoms with Crippen molar-refractivity contribution in [3.05, 3.63) is 34.1 Å². The molecule has 1 fully saturated rings. The fourth-order valence-corrected chi connectivity index (χ4v) is 3.11. The molecule has 1 saturated carbocycles. The van der Waals surface area contributed by atoms with Crippen molar-refractivity contribution in [1.82, 2.24) is 5.32 Å². The topological polar surface area (TPSA) is 21.3 Å². The van der Waals surface area contributed by atoms with Crippen LogP contribution in [0.5, 0.6) is 0 Å². The predicted octanol–water partition coefficient (Wildman–Crippen LogP) is 3.54. The third-order valence-electron chi connectivity index (χ3n) is 3.97. The van der Waals surface area contributed by atoms with E-state index in [-0.39, 0.29) is 11.2 Å². The van der Waals surface area contributed by atoms with E-state index in [9.17, 15) is 4.39 Å². The van der Waals surface area contributed by atoms with Gasteiger partial charge in [0.1, 0.15) is 5.82 Å². The maximum absolute atomic E-state index is 13.8. The van der Waals surface area contributed by atoms with Crippen LogP contribution >= 0.6 is 15.9 Å². The molecule has 2 rings (SSSR count). The molecule has 0 heterocycles. The highest BCUT2D eigenvalue weighted by atomic mass is 79.9. The minimum atomic E-state index is -0.0913. The monoisotopic (exact) mass is 329 g/mol. The van der Waals surface area contributed by atoms with Crippen LogP contribution in [0.15, 0.2) is 22.7 Å². The summed E-state index contributed by atoms with van der Waals surface area (Å²) in [7, 11) is 1.71. The number of ether oxygens (including phenoxy) is 1. The summed E-state index contributed by atoms with van der Waals surface area (Å²) in [5.41, 5.74) is 1.05. The normalized spacial score (nSPS) is 17.2. The summed E-state index contributed by atoms with van der Waals surface area (Å²) in [5, 5.41) is 3.42. The average Bonchev–Trinajstić information content (AvgIpc) is 2.35. The van der Waals surface area contributed by atoms with Crippen LogP contribution in [0.25, 0.3) is 0 Å². The van der Waals surface area contributed by atoms with E-state index in [0.29, 0.717) is 0 Å². The van der Waals surface area contributed by atoms with E-state index in [0.717, 1.165) is 36.2 Å². The Hall–Kier alpha value is -0.450. The van der Waals surface area contributed by atoms with E-state index in [1.165, 1.54) is 19.3 Å². The second kappa shape index (κ2) is 6.82. The van der Waals surface area contributed by atoms with Crippen LogP contribution in [0.3, 0.4) is 0 Å². The van der Waals surface area contributed by atoms with E-state index in [1.807, 2.05) is 6.07 Å². The molecule has 1 aliphatic rings. The van der Waals surface area contributed by atoms with Crippen molar-refractivity contribution < 1.29 is 9.13 Å². The van der Waals surface area contributed by atoms with Gasteiger partial charge in [-0.2, -0.15) is 0 Å². The zero-order valence-corrected chi connectivity index (χ0v) is 12.9. The highest BCUT2D eigenvalue weighted by Gasteiger charge is 2.37. The second-order valence-corrected chi connectivity index (χ2v) is 6.35. The van der Waals surface area contributed by atoms with Crippen molar-refractivity contribution in [3.63, 3.8) is 0 Å². The first-order valence-corrected chi connectivity index (χ1v) is 7.58. The molecular formula is C15H21BrFNO. The maximum Gasteiger partial charge on any atom is 0.126 e. The van der Waals surface area contributed by atoms with Gasteiger partial charge in [-0.3, -0.25) is 0 Å². The fraction of sp³-hybridized carbons (Fsp3) is 0.600. The van der Waals surface area contributed by atoms with Gasteiger partial charge in [0.2, 0.25) is 0 Å². The molecule has 0 bridgehead atoms. The molecule has 0 radical (unpaired) electrons. The van der Waals surface area contributed by atoms with Gasteiger partial charge in [-0.15, -0.1) is 0 Å². The largest absolute Gasteiger partial charge is 0.383 e. The summed E-state index contributed by atoms with van der Waals surface area (Å²) in [6, 6.07) is 5.21. The summed E-state index contributed by atoms with van der Waals surface area (Å²) in [5.74, 6) is -0.0913. The Morgan fingerprint density at radius 3 is 2.84 bits per heavy atom. The first-order valence-electron chi connectivity index (χ1n) is 6.79. The lowest BCUT2D eigenvalue weighted by Crippen LogP contribution is -2.42. The Morgan fingerprint density at radius 1 is 1.42 bits per heavy atom. The predicted molar refractivity (Wildman–Crippen MR) is 78.8 cm³/mol. The van der Waals surface area contributed by atoms with Gasteiger partial charge in [-0.1, -0.05) is 22.4 Å². The van der Waals surface area contributed by atoms with Gasteiger partial charge in [0.25, 0.3) is 0 Å². The Morgan fingerprint density at radius 2 is 2.21 bits per heavy atom. The molecule has 4 heteroatoms. The van der Waals surface area contributed by atoms with Gasteiger partial charge >= 0.3 is 0 Å². The number of hydrogen-bond donors (Lipinski definition) is 1. The molecule has 1 aromatic rings. The molecule has 1 aromatic carbocycles. The molecule has 0 aromatic heterocycles. The molecule has 0 aliphatic heterocycles. The summed E-state index contributed by atoms with van der Waals surface area (Å²) in [6.45, 7) is 2.53. The van der Waals surface area contributed by atoms with Gasteiger partial charge in [0.05, 0.1) is 6.61 Å². The Labute approximate surface area is 122 Å². The Balaban J connectivity index is 1.96. The van der Waals surface area contributed by atoms with Crippen LogP contribution in [-0.4, -0.2) is 26.8 Å². The van der Waals surface area contributed by atoms with Crippen LogP contribution in [0, 0.1) is 11.2 Å². The number of halogens is 2. The highest BCUT2D eigenvalue weighted by Crippen LogP contribution is 2.43. The highest BCUT2D eigenvalue weighted by molar-refractivity contribution is 9.10. The van der Waals surface area contributed by atoms with Crippen LogP contribution in [0.2, 0.25) is 0 Å². The molecule has 2 nitrogen and oxygen atoms in total. The smallest absolute Gasteiger partial charge is 0.126 e. The van der Waals surface area contributed by atoms with Crippen LogP contribution in [-0.2, 0) is 11.2 Å². The lowest BCUT2D eigenvalue weighted by atomic mass is 9.65. The lowest BCUT2D eigenvalue weighted by molar-refractivity contribution is 0.122. The molecule has 0 spiro atoms. The van der Waals surface area contributed by atoms with Crippen molar-refractivity contribution >= 4 is 15.9 Å². The average molecular weight is 330 g/mol. The lowest BCUT2D eigenvalue weighted by Gasteiger charge is -2.42. The maximum atomic E-state index is 13.8. The van der Waals surface area contributed by atoms with Gasteiger partial charge in [0, 0.05) is 24.7 Å².